The van der Waals surface area contributed by atoms with Crippen molar-refractivity contribution >= 4 is 6.01 Å². The lowest BCUT2D eigenvalue weighted by atomic mass is 10.2. The zero-order valence-electron chi connectivity index (χ0n) is 11.6. The summed E-state index contributed by atoms with van der Waals surface area (Å²) < 4.78 is 11.0. The highest BCUT2D eigenvalue weighted by molar-refractivity contribution is 5.24. The van der Waals surface area contributed by atoms with Gasteiger partial charge in [-0.3, -0.25) is 0 Å². The molecule has 19 heavy (non-hydrogen) atoms. The van der Waals surface area contributed by atoms with Crippen molar-refractivity contribution in [3.63, 3.8) is 0 Å². The first kappa shape index (κ1) is 13.6. The number of anilines is 1. The van der Waals surface area contributed by atoms with E-state index < -0.39 is 0 Å². The largest absolute Gasteiger partial charge is 0.464 e. The van der Waals surface area contributed by atoms with Crippen LogP contribution in [0, 0.1) is 6.92 Å². The van der Waals surface area contributed by atoms with Gasteiger partial charge in [0.25, 0.3) is 0 Å². The van der Waals surface area contributed by atoms with Gasteiger partial charge in [-0.25, -0.2) is 0 Å². The molecule has 0 amide bonds. The number of furan rings is 1. The maximum atomic E-state index is 5.54. The molecule has 6 nitrogen and oxygen atoms in total. The lowest BCUT2D eigenvalue weighted by Crippen LogP contribution is -2.13. The molecule has 0 aliphatic carbocycles. The normalized spacial score (nSPS) is 12.6. The molecule has 0 saturated carbocycles. The Bertz CT molecular complexity index is 506. The third-order valence-corrected chi connectivity index (χ3v) is 2.70. The zero-order valence-corrected chi connectivity index (χ0v) is 11.6. The van der Waals surface area contributed by atoms with Crippen LogP contribution < -0.4 is 10.6 Å². The fraction of sp³-hybridized carbons (Fsp3) is 0.538. The Morgan fingerprint density at radius 3 is 2.79 bits per heavy atom. The van der Waals surface area contributed by atoms with Gasteiger partial charge in [-0.1, -0.05) is 12.0 Å². The van der Waals surface area contributed by atoms with Crippen molar-refractivity contribution < 1.29 is 8.83 Å². The molecule has 2 aromatic rings. The van der Waals surface area contributed by atoms with Crippen molar-refractivity contribution in [2.75, 3.05) is 11.9 Å². The zero-order chi connectivity index (χ0) is 13.7. The number of aryl methyl sites for hydroxylation is 1. The van der Waals surface area contributed by atoms with Crippen molar-refractivity contribution in [1.29, 1.82) is 0 Å². The number of hydrogen-bond acceptors (Lipinski definition) is 6. The number of hydrogen-bond donors (Lipinski definition) is 2. The van der Waals surface area contributed by atoms with Crippen molar-refractivity contribution in [2.24, 2.45) is 0 Å². The first-order valence-corrected chi connectivity index (χ1v) is 6.55. The minimum Gasteiger partial charge on any atom is -0.464 e. The van der Waals surface area contributed by atoms with Gasteiger partial charge in [0, 0.05) is 0 Å². The third kappa shape index (κ3) is 3.82. The molecule has 2 N–H and O–H groups in total. The number of nitrogens with zero attached hydrogens (tertiary/aromatic N) is 2. The van der Waals surface area contributed by atoms with E-state index in [0.29, 0.717) is 18.5 Å². The van der Waals surface area contributed by atoms with Gasteiger partial charge in [-0.15, -0.1) is 5.10 Å². The summed E-state index contributed by atoms with van der Waals surface area (Å²) in [6, 6.07) is 4.27. The van der Waals surface area contributed by atoms with Crippen molar-refractivity contribution in [1.82, 2.24) is 15.5 Å². The summed E-state index contributed by atoms with van der Waals surface area (Å²) in [5, 5.41) is 14.3. The second-order valence-electron chi connectivity index (χ2n) is 4.49. The molecule has 1 atom stereocenters. The van der Waals surface area contributed by atoms with Crippen LogP contribution in [0.15, 0.2) is 21.0 Å². The molecule has 104 valence electrons. The molecule has 0 fully saturated rings. The molecule has 0 bridgehead atoms. The first-order valence-electron chi connectivity index (χ1n) is 6.55. The van der Waals surface area contributed by atoms with Crippen LogP contribution in [0.2, 0.25) is 0 Å². The molecule has 6 heteroatoms. The highest BCUT2D eigenvalue weighted by Crippen LogP contribution is 2.20. The molecular weight excluding hydrogens is 244 g/mol. The van der Waals surface area contributed by atoms with Crippen molar-refractivity contribution in [2.45, 2.75) is 39.8 Å². The minimum absolute atomic E-state index is 0.00870. The van der Waals surface area contributed by atoms with Crippen LogP contribution in [-0.2, 0) is 6.54 Å². The molecule has 2 aromatic heterocycles. The molecule has 0 spiro atoms. The average Bonchev–Trinajstić information content (AvgIpc) is 2.99. The van der Waals surface area contributed by atoms with Crippen LogP contribution in [0.4, 0.5) is 6.01 Å². The van der Waals surface area contributed by atoms with E-state index in [1.54, 1.807) is 0 Å². The topological polar surface area (TPSA) is 76.1 Å². The van der Waals surface area contributed by atoms with E-state index >= 15 is 0 Å². The Morgan fingerprint density at radius 2 is 2.11 bits per heavy atom. The Kier molecular flexibility index (Phi) is 4.57. The van der Waals surface area contributed by atoms with Gasteiger partial charge in [-0.05, 0) is 38.9 Å². The molecule has 2 rings (SSSR count). The van der Waals surface area contributed by atoms with Gasteiger partial charge in [0.15, 0.2) is 0 Å². The summed E-state index contributed by atoms with van der Waals surface area (Å²) in [7, 11) is 0. The maximum absolute atomic E-state index is 5.54. The molecule has 0 aliphatic rings. The molecule has 0 saturated heterocycles. The smallest absolute Gasteiger partial charge is 0.316 e. The Morgan fingerprint density at radius 1 is 1.26 bits per heavy atom. The maximum Gasteiger partial charge on any atom is 0.316 e. The van der Waals surface area contributed by atoms with E-state index in [1.807, 2.05) is 26.0 Å². The Balaban J connectivity index is 1.88. The predicted octanol–water partition coefficient (Wildman–Crippen LogP) is 2.64. The van der Waals surface area contributed by atoms with Crippen molar-refractivity contribution in [3.05, 3.63) is 29.5 Å². The van der Waals surface area contributed by atoms with Crippen LogP contribution >= 0.6 is 0 Å². The van der Waals surface area contributed by atoms with Crippen LogP contribution in [0.25, 0.3) is 0 Å². The lowest BCUT2D eigenvalue weighted by molar-refractivity contribution is 0.449. The number of aromatic nitrogens is 2. The molecule has 2 heterocycles. The van der Waals surface area contributed by atoms with E-state index in [-0.39, 0.29) is 6.04 Å². The fourth-order valence-corrected chi connectivity index (χ4v) is 1.70. The molecule has 0 aromatic carbocycles. The highest BCUT2D eigenvalue weighted by atomic mass is 16.4. The van der Waals surface area contributed by atoms with Gasteiger partial charge in [0.1, 0.15) is 11.5 Å². The standard InChI is InChI=1S/C13H20N4O2/c1-4-7-14-8-12-16-17-13(19-12)15-10(3)11-6-5-9(2)18-11/h5-6,10,14H,4,7-8H2,1-3H3,(H,15,17). The summed E-state index contributed by atoms with van der Waals surface area (Å²) in [5.41, 5.74) is 0. The summed E-state index contributed by atoms with van der Waals surface area (Å²) in [5.74, 6) is 2.32. The van der Waals surface area contributed by atoms with Gasteiger partial charge >= 0.3 is 6.01 Å². The highest BCUT2D eigenvalue weighted by Gasteiger charge is 2.13. The molecular formula is C13H20N4O2. The van der Waals surface area contributed by atoms with E-state index in [4.69, 9.17) is 8.83 Å². The fourth-order valence-electron chi connectivity index (χ4n) is 1.70. The summed E-state index contributed by atoms with van der Waals surface area (Å²) in [6.07, 6.45) is 1.08. The summed E-state index contributed by atoms with van der Waals surface area (Å²) >= 11 is 0. The Hall–Kier alpha value is -1.82. The monoisotopic (exact) mass is 264 g/mol. The summed E-state index contributed by atoms with van der Waals surface area (Å²) in [4.78, 5) is 0. The third-order valence-electron chi connectivity index (χ3n) is 2.70. The van der Waals surface area contributed by atoms with Crippen LogP contribution in [0.5, 0.6) is 0 Å². The second-order valence-corrected chi connectivity index (χ2v) is 4.49. The molecule has 1 unspecified atom stereocenters. The van der Waals surface area contributed by atoms with E-state index in [1.165, 1.54) is 0 Å². The number of nitrogens with one attached hydrogen (secondary N) is 2. The van der Waals surface area contributed by atoms with Crippen molar-refractivity contribution in [3.8, 4) is 0 Å². The number of rotatable bonds is 7. The molecule has 0 aliphatic heterocycles. The molecule has 0 radical (unpaired) electrons. The van der Waals surface area contributed by atoms with Crippen LogP contribution in [0.1, 0.15) is 43.7 Å². The summed E-state index contributed by atoms with van der Waals surface area (Å²) in [6.45, 7) is 7.54. The first-order chi connectivity index (χ1) is 9.19. The average molecular weight is 264 g/mol. The van der Waals surface area contributed by atoms with Crippen LogP contribution in [0.3, 0.4) is 0 Å². The van der Waals surface area contributed by atoms with E-state index in [2.05, 4.69) is 27.8 Å². The van der Waals surface area contributed by atoms with E-state index in [0.717, 1.165) is 24.5 Å². The second kappa shape index (κ2) is 6.38. The van der Waals surface area contributed by atoms with Gasteiger partial charge in [0.2, 0.25) is 5.89 Å². The minimum atomic E-state index is -0.00870. The van der Waals surface area contributed by atoms with E-state index in [9.17, 15) is 0 Å². The predicted molar refractivity (Wildman–Crippen MR) is 71.8 cm³/mol. The lowest BCUT2D eigenvalue weighted by Gasteiger charge is -2.08. The SMILES string of the molecule is CCCNCc1nnc(NC(C)c2ccc(C)o2)o1. The van der Waals surface area contributed by atoms with Gasteiger partial charge < -0.3 is 19.5 Å². The Labute approximate surface area is 112 Å². The van der Waals surface area contributed by atoms with Gasteiger partial charge in [0.05, 0.1) is 12.6 Å². The van der Waals surface area contributed by atoms with Crippen LogP contribution in [-0.4, -0.2) is 16.7 Å². The van der Waals surface area contributed by atoms with Gasteiger partial charge in [-0.2, -0.15) is 0 Å². The quantitative estimate of drug-likeness (QED) is 0.749.